The molecule has 0 amide bonds. The highest BCUT2D eigenvalue weighted by molar-refractivity contribution is 5.75. The number of alkyl halides is 2. The van der Waals surface area contributed by atoms with E-state index in [1.54, 1.807) is 6.07 Å². The van der Waals surface area contributed by atoms with Crippen LogP contribution in [0.3, 0.4) is 0 Å². The Morgan fingerprint density at radius 1 is 1.67 bits per heavy atom. The summed E-state index contributed by atoms with van der Waals surface area (Å²) in [6.07, 6.45) is -2.61. The molecule has 0 bridgehead atoms. The fourth-order valence-corrected chi connectivity index (χ4v) is 1.11. The molecule has 1 heterocycles. The van der Waals surface area contributed by atoms with Crippen LogP contribution in [0.2, 0.25) is 0 Å². The largest absolute Gasteiger partial charge is 0.326 e. The van der Waals surface area contributed by atoms with Crippen molar-refractivity contribution < 1.29 is 13.6 Å². The highest BCUT2D eigenvalue weighted by atomic mass is 19.3. The molecule has 1 rings (SSSR count). The first-order valence-electron chi connectivity index (χ1n) is 4.01. The van der Waals surface area contributed by atoms with E-state index in [1.165, 1.54) is 0 Å². The zero-order chi connectivity index (χ0) is 11.4. The summed E-state index contributed by atoms with van der Waals surface area (Å²) in [7, 11) is 0. The van der Waals surface area contributed by atoms with Gasteiger partial charge in [-0.05, 0) is 6.07 Å². The van der Waals surface area contributed by atoms with Gasteiger partial charge in [0.1, 0.15) is 17.5 Å². The van der Waals surface area contributed by atoms with Crippen LogP contribution in [-0.4, -0.2) is 11.3 Å². The molecule has 0 unspecified atom stereocenters. The Kier molecular flexibility index (Phi) is 3.42. The van der Waals surface area contributed by atoms with Crippen LogP contribution in [0.15, 0.2) is 6.07 Å². The van der Waals surface area contributed by atoms with Crippen LogP contribution in [0.1, 0.15) is 33.7 Å². The molecule has 0 saturated carbocycles. The zero-order valence-corrected chi connectivity index (χ0v) is 7.58. The van der Waals surface area contributed by atoms with Gasteiger partial charge in [0.2, 0.25) is 0 Å². The summed E-state index contributed by atoms with van der Waals surface area (Å²) in [4.78, 5) is 14.0. The van der Waals surface area contributed by atoms with Gasteiger partial charge >= 0.3 is 0 Å². The summed E-state index contributed by atoms with van der Waals surface area (Å²) in [6, 6.07) is 2.73. The molecular weight excluding hydrogens is 204 g/mol. The highest BCUT2D eigenvalue weighted by Gasteiger charge is 2.17. The number of hydrogen-bond acceptors (Lipinski definition) is 4. The van der Waals surface area contributed by atoms with Crippen molar-refractivity contribution in [3.05, 3.63) is 28.6 Å². The minimum Gasteiger partial charge on any atom is -0.326 e. The van der Waals surface area contributed by atoms with Crippen molar-refractivity contribution in [2.75, 3.05) is 0 Å². The zero-order valence-electron chi connectivity index (χ0n) is 7.58. The first kappa shape index (κ1) is 11.2. The van der Waals surface area contributed by atoms with E-state index in [-0.39, 0.29) is 24.1 Å². The number of aldehydes is 1. The number of hydrogen-bond donors (Lipinski definition) is 1. The van der Waals surface area contributed by atoms with Gasteiger partial charge in [-0.3, -0.25) is 4.79 Å². The maximum absolute atomic E-state index is 12.4. The van der Waals surface area contributed by atoms with E-state index in [2.05, 4.69) is 4.98 Å². The summed E-state index contributed by atoms with van der Waals surface area (Å²) in [5, 5.41) is 8.63. The van der Waals surface area contributed by atoms with Crippen molar-refractivity contribution in [1.29, 1.82) is 5.26 Å². The topological polar surface area (TPSA) is 79.8 Å². The van der Waals surface area contributed by atoms with E-state index in [4.69, 9.17) is 11.0 Å². The normalized spacial score (nSPS) is 10.1. The van der Waals surface area contributed by atoms with Crippen LogP contribution >= 0.6 is 0 Å². The molecule has 2 N–H and O–H groups in total. The average molecular weight is 211 g/mol. The average Bonchev–Trinajstić information content (AvgIpc) is 2.26. The Hall–Kier alpha value is -1.87. The summed E-state index contributed by atoms with van der Waals surface area (Å²) in [5.41, 5.74) is 4.46. The molecule has 1 aromatic rings. The standard InChI is InChI=1S/C9H7F2N3O/c10-9(11)6-1-5(2-12)7(3-13)14-8(6)4-15/h1,4,9H,2,12H2. The molecule has 1 aromatic heterocycles. The van der Waals surface area contributed by atoms with E-state index in [0.717, 1.165) is 6.07 Å². The van der Waals surface area contributed by atoms with Gasteiger partial charge < -0.3 is 5.73 Å². The second-order valence-corrected chi connectivity index (χ2v) is 2.71. The Balaban J connectivity index is 3.42. The molecule has 0 aliphatic rings. The van der Waals surface area contributed by atoms with Crippen molar-refractivity contribution in [3.8, 4) is 6.07 Å². The fourth-order valence-electron chi connectivity index (χ4n) is 1.11. The van der Waals surface area contributed by atoms with Gasteiger partial charge in [-0.25, -0.2) is 13.8 Å². The molecule has 6 heteroatoms. The Bertz CT molecular complexity index is 426. The molecule has 0 aliphatic heterocycles. The Morgan fingerprint density at radius 3 is 2.73 bits per heavy atom. The number of carbonyl (C=O) groups is 1. The van der Waals surface area contributed by atoms with E-state index >= 15 is 0 Å². The molecule has 0 spiro atoms. The second-order valence-electron chi connectivity index (χ2n) is 2.71. The highest BCUT2D eigenvalue weighted by Crippen LogP contribution is 2.23. The summed E-state index contributed by atoms with van der Waals surface area (Å²) in [5.74, 6) is 0. The number of carbonyl (C=O) groups excluding carboxylic acids is 1. The number of nitrogens with two attached hydrogens (primary N) is 1. The van der Waals surface area contributed by atoms with Crippen LogP contribution in [0.25, 0.3) is 0 Å². The van der Waals surface area contributed by atoms with Crippen molar-refractivity contribution in [1.82, 2.24) is 4.98 Å². The van der Waals surface area contributed by atoms with Gasteiger partial charge in [0, 0.05) is 17.7 Å². The summed E-state index contributed by atoms with van der Waals surface area (Å²) < 4.78 is 24.9. The van der Waals surface area contributed by atoms with Gasteiger partial charge in [0.05, 0.1) is 0 Å². The summed E-state index contributed by atoms with van der Waals surface area (Å²) >= 11 is 0. The van der Waals surface area contributed by atoms with Gasteiger partial charge in [0.15, 0.2) is 6.29 Å². The third-order valence-corrected chi connectivity index (χ3v) is 1.83. The van der Waals surface area contributed by atoms with Crippen molar-refractivity contribution in [2.24, 2.45) is 5.73 Å². The van der Waals surface area contributed by atoms with Gasteiger partial charge in [0.25, 0.3) is 6.43 Å². The van der Waals surface area contributed by atoms with E-state index < -0.39 is 17.7 Å². The summed E-state index contributed by atoms with van der Waals surface area (Å²) in [6.45, 7) is -0.0747. The molecular formula is C9H7F2N3O. The van der Waals surface area contributed by atoms with Crippen LogP contribution < -0.4 is 5.73 Å². The smallest absolute Gasteiger partial charge is 0.266 e. The number of pyridine rings is 1. The Labute approximate surface area is 84.3 Å². The number of halogens is 2. The number of aromatic nitrogens is 1. The maximum atomic E-state index is 12.4. The first-order valence-corrected chi connectivity index (χ1v) is 4.01. The minimum absolute atomic E-state index is 0.0747. The molecule has 0 aliphatic carbocycles. The third kappa shape index (κ3) is 2.14. The predicted octanol–water partition coefficient (Wildman–Crippen LogP) is 1.16. The van der Waals surface area contributed by atoms with Gasteiger partial charge in [-0.1, -0.05) is 0 Å². The molecule has 0 fully saturated rings. The van der Waals surface area contributed by atoms with Crippen molar-refractivity contribution in [2.45, 2.75) is 13.0 Å². The van der Waals surface area contributed by atoms with E-state index in [1.807, 2.05) is 0 Å². The van der Waals surface area contributed by atoms with Crippen LogP contribution in [0.4, 0.5) is 8.78 Å². The number of nitriles is 1. The van der Waals surface area contributed by atoms with Crippen LogP contribution in [-0.2, 0) is 6.54 Å². The molecule has 0 atom stereocenters. The van der Waals surface area contributed by atoms with Crippen molar-refractivity contribution in [3.63, 3.8) is 0 Å². The lowest BCUT2D eigenvalue weighted by Gasteiger charge is -2.06. The molecule has 15 heavy (non-hydrogen) atoms. The molecule has 0 aromatic carbocycles. The van der Waals surface area contributed by atoms with Gasteiger partial charge in [-0.2, -0.15) is 5.26 Å². The van der Waals surface area contributed by atoms with Crippen LogP contribution in [0, 0.1) is 11.3 Å². The molecule has 0 radical (unpaired) electrons. The Morgan fingerprint density at radius 2 is 2.33 bits per heavy atom. The lowest BCUT2D eigenvalue weighted by Crippen LogP contribution is -2.07. The van der Waals surface area contributed by atoms with Crippen molar-refractivity contribution >= 4 is 6.29 Å². The molecule has 78 valence electrons. The molecule has 0 saturated heterocycles. The lowest BCUT2D eigenvalue weighted by atomic mass is 10.1. The molecule has 4 nitrogen and oxygen atoms in total. The fraction of sp³-hybridized carbons (Fsp3) is 0.222. The van der Waals surface area contributed by atoms with Crippen LogP contribution in [0.5, 0.6) is 0 Å². The minimum atomic E-state index is -2.81. The van der Waals surface area contributed by atoms with E-state index in [9.17, 15) is 13.6 Å². The van der Waals surface area contributed by atoms with E-state index in [0.29, 0.717) is 0 Å². The number of rotatable bonds is 3. The SMILES string of the molecule is N#Cc1nc(C=O)c(C(F)F)cc1CN. The second kappa shape index (κ2) is 4.57. The number of nitrogens with zero attached hydrogens (tertiary/aromatic N) is 2. The quantitative estimate of drug-likeness (QED) is 0.761. The lowest BCUT2D eigenvalue weighted by molar-refractivity contribution is 0.110. The third-order valence-electron chi connectivity index (χ3n) is 1.83. The predicted molar refractivity (Wildman–Crippen MR) is 47.2 cm³/mol. The van der Waals surface area contributed by atoms with Gasteiger partial charge in [-0.15, -0.1) is 0 Å². The first-order chi connectivity index (χ1) is 7.13. The monoisotopic (exact) mass is 211 g/mol. The maximum Gasteiger partial charge on any atom is 0.266 e.